The molecule has 0 fully saturated rings. The zero-order valence-corrected chi connectivity index (χ0v) is 19.3. The predicted molar refractivity (Wildman–Crippen MR) is 128 cm³/mol. The predicted octanol–water partition coefficient (Wildman–Crippen LogP) is 3.64. The number of nitriles is 1. The molecule has 1 aromatic heterocycles. The van der Waals surface area contributed by atoms with E-state index in [4.69, 9.17) is 10.00 Å². The van der Waals surface area contributed by atoms with Gasteiger partial charge in [0.2, 0.25) is 11.6 Å². The second-order valence-electron chi connectivity index (χ2n) is 8.44. The summed E-state index contributed by atoms with van der Waals surface area (Å²) in [6.45, 7) is 3.64. The molecule has 0 aliphatic heterocycles. The molecular formula is C27H29N3O4. The molecule has 7 nitrogen and oxygen atoms in total. The van der Waals surface area contributed by atoms with E-state index >= 15 is 0 Å². The van der Waals surface area contributed by atoms with Gasteiger partial charge in [-0.3, -0.25) is 4.79 Å². The van der Waals surface area contributed by atoms with Crippen LogP contribution in [-0.4, -0.2) is 23.7 Å². The van der Waals surface area contributed by atoms with Crippen molar-refractivity contribution < 1.29 is 19.4 Å². The van der Waals surface area contributed by atoms with Crippen molar-refractivity contribution in [1.29, 1.82) is 5.26 Å². The summed E-state index contributed by atoms with van der Waals surface area (Å²) in [5.74, 6) is -0.0888. The van der Waals surface area contributed by atoms with Gasteiger partial charge in [-0.2, -0.15) is 9.99 Å². The molecule has 0 aliphatic rings. The Morgan fingerprint density at radius 1 is 1.06 bits per heavy atom. The lowest BCUT2D eigenvalue weighted by molar-refractivity contribution is -0.615. The number of carbonyl (C=O) groups excluding carboxylic acids is 1. The highest BCUT2D eigenvalue weighted by Crippen LogP contribution is 2.30. The zero-order valence-electron chi connectivity index (χ0n) is 19.3. The minimum atomic E-state index is -0.719. The van der Waals surface area contributed by atoms with Crippen LogP contribution in [0.15, 0.2) is 72.9 Å². The summed E-state index contributed by atoms with van der Waals surface area (Å²) in [6, 6.07) is 22.6. The molecule has 1 amide bonds. The number of amides is 1. The monoisotopic (exact) mass is 459 g/mol. The largest absolute Gasteiger partial charge is 0.618 e. The highest BCUT2D eigenvalue weighted by atomic mass is 16.5. The van der Waals surface area contributed by atoms with E-state index in [9.17, 15) is 15.1 Å². The Morgan fingerprint density at radius 3 is 2.29 bits per heavy atom. The van der Waals surface area contributed by atoms with Gasteiger partial charge in [0.1, 0.15) is 25.4 Å². The maximum absolute atomic E-state index is 12.7. The number of aliphatic hydroxyl groups excluding tert-OH is 1. The smallest absolute Gasteiger partial charge is 0.250 e. The van der Waals surface area contributed by atoms with Gasteiger partial charge in [-0.1, -0.05) is 68.4 Å². The number of pyridine rings is 1. The zero-order chi connectivity index (χ0) is 24.5. The van der Waals surface area contributed by atoms with Crippen LogP contribution in [-0.2, 0) is 16.1 Å². The fraction of sp³-hybridized carbons (Fsp3) is 0.296. The van der Waals surface area contributed by atoms with E-state index in [2.05, 4.69) is 5.32 Å². The van der Waals surface area contributed by atoms with Crippen LogP contribution in [0.1, 0.15) is 43.2 Å². The number of rotatable bonds is 10. The van der Waals surface area contributed by atoms with Crippen molar-refractivity contribution in [3.63, 3.8) is 0 Å². The molecule has 34 heavy (non-hydrogen) atoms. The number of aromatic nitrogens is 1. The number of ether oxygens (including phenoxy) is 1. The Hall–Kier alpha value is -3.73. The van der Waals surface area contributed by atoms with Gasteiger partial charge >= 0.3 is 0 Å². The van der Waals surface area contributed by atoms with E-state index in [0.29, 0.717) is 11.2 Å². The first-order valence-electron chi connectivity index (χ1n) is 11.2. The number of benzene rings is 2. The normalized spacial score (nSPS) is 12.7. The minimum absolute atomic E-state index is 0.0731. The minimum Gasteiger partial charge on any atom is -0.618 e. The molecular weight excluding hydrogens is 430 g/mol. The maximum Gasteiger partial charge on any atom is 0.250 e. The molecule has 3 rings (SSSR count). The second-order valence-corrected chi connectivity index (χ2v) is 8.44. The molecule has 0 radical (unpaired) electrons. The van der Waals surface area contributed by atoms with Crippen LogP contribution in [0.3, 0.4) is 0 Å². The third kappa shape index (κ3) is 6.41. The Labute approximate surface area is 199 Å². The molecule has 1 unspecified atom stereocenters. The van der Waals surface area contributed by atoms with Crippen LogP contribution >= 0.6 is 0 Å². The molecule has 0 saturated carbocycles. The summed E-state index contributed by atoms with van der Waals surface area (Å²) < 4.78 is 7.05. The van der Waals surface area contributed by atoms with Crippen LogP contribution in [0, 0.1) is 22.5 Å². The lowest BCUT2D eigenvalue weighted by Gasteiger charge is -2.26. The first kappa shape index (κ1) is 24.9. The third-order valence-electron chi connectivity index (χ3n) is 5.43. The second kappa shape index (κ2) is 11.9. The molecule has 176 valence electrons. The number of carbonyl (C=O) groups is 1. The SMILES string of the molecule is CC(C)C[C@H](OC(c1ccccc1)c1ccc(-c2ccc(CO)[n+]([O-])c2)cc1)C(=O)NCC#N. The Kier molecular flexibility index (Phi) is 8.74. The van der Waals surface area contributed by atoms with Crippen molar-refractivity contribution in [1.82, 2.24) is 5.32 Å². The molecule has 0 bridgehead atoms. The van der Waals surface area contributed by atoms with Gasteiger partial charge in [0.25, 0.3) is 0 Å². The number of hydrogen-bond donors (Lipinski definition) is 2. The van der Waals surface area contributed by atoms with Crippen LogP contribution in [0.4, 0.5) is 0 Å². The molecule has 0 aliphatic carbocycles. The Bertz CT molecular complexity index is 1120. The molecule has 3 aromatic rings. The highest BCUT2D eigenvalue weighted by Gasteiger charge is 2.26. The average molecular weight is 460 g/mol. The van der Waals surface area contributed by atoms with Crippen molar-refractivity contribution in [2.45, 2.75) is 39.1 Å². The van der Waals surface area contributed by atoms with Gasteiger partial charge in [0, 0.05) is 11.6 Å². The van der Waals surface area contributed by atoms with Crippen molar-refractivity contribution >= 4 is 5.91 Å². The van der Waals surface area contributed by atoms with Gasteiger partial charge in [0.15, 0.2) is 6.20 Å². The molecule has 0 spiro atoms. The summed E-state index contributed by atoms with van der Waals surface area (Å²) in [7, 11) is 0. The van der Waals surface area contributed by atoms with Gasteiger partial charge in [0.05, 0.1) is 6.07 Å². The number of aliphatic hydroxyl groups is 1. The van der Waals surface area contributed by atoms with Gasteiger partial charge in [-0.15, -0.1) is 0 Å². The van der Waals surface area contributed by atoms with E-state index in [1.807, 2.05) is 74.5 Å². The Balaban J connectivity index is 1.92. The summed E-state index contributed by atoms with van der Waals surface area (Å²) >= 11 is 0. The molecule has 1 heterocycles. The summed E-state index contributed by atoms with van der Waals surface area (Å²) in [4.78, 5) is 12.7. The van der Waals surface area contributed by atoms with Crippen molar-refractivity contribution in [3.8, 4) is 17.2 Å². The molecule has 0 saturated heterocycles. The highest BCUT2D eigenvalue weighted by molar-refractivity contribution is 5.81. The lowest BCUT2D eigenvalue weighted by atomic mass is 9.97. The fourth-order valence-corrected chi connectivity index (χ4v) is 3.69. The maximum atomic E-state index is 12.7. The standard InChI is InChI=1S/C27H29N3O4/c1-19(2)16-25(27(32)29-15-14-28)34-26(21-6-4-3-5-7-21)22-10-8-20(9-11-22)23-12-13-24(18-31)30(33)17-23/h3-13,17,19,25-26,31H,15-16,18H2,1-2H3,(H,29,32)/t25-,26?/m0/s1. The third-order valence-corrected chi connectivity index (χ3v) is 5.43. The first-order valence-corrected chi connectivity index (χ1v) is 11.2. The number of nitrogens with zero attached hydrogens (tertiary/aromatic N) is 2. The quantitative estimate of drug-likeness (QED) is 0.273. The average Bonchev–Trinajstić information content (AvgIpc) is 2.85. The summed E-state index contributed by atoms with van der Waals surface area (Å²) in [5, 5.41) is 32.7. The molecule has 2 atom stereocenters. The fourth-order valence-electron chi connectivity index (χ4n) is 3.69. The van der Waals surface area contributed by atoms with Crippen molar-refractivity contribution in [3.05, 3.63) is 95.0 Å². The van der Waals surface area contributed by atoms with Crippen LogP contribution in [0.25, 0.3) is 11.1 Å². The molecule has 7 heteroatoms. The number of nitrogens with one attached hydrogen (secondary N) is 1. The van der Waals surface area contributed by atoms with Gasteiger partial charge in [-0.25, -0.2) is 0 Å². The van der Waals surface area contributed by atoms with E-state index in [1.165, 1.54) is 6.20 Å². The summed E-state index contributed by atoms with van der Waals surface area (Å²) in [6.07, 6.45) is 0.736. The van der Waals surface area contributed by atoms with E-state index in [-0.39, 0.29) is 30.7 Å². The number of hydrogen-bond acceptors (Lipinski definition) is 5. The van der Waals surface area contributed by atoms with Gasteiger partial charge < -0.3 is 20.4 Å². The summed E-state index contributed by atoms with van der Waals surface area (Å²) in [5.41, 5.74) is 3.61. The molecule has 2 aromatic carbocycles. The van der Waals surface area contributed by atoms with Crippen LogP contribution in [0.2, 0.25) is 0 Å². The van der Waals surface area contributed by atoms with E-state index in [1.54, 1.807) is 12.1 Å². The Morgan fingerprint density at radius 2 is 1.71 bits per heavy atom. The molecule has 2 N–H and O–H groups in total. The topological polar surface area (TPSA) is 109 Å². The first-order chi connectivity index (χ1) is 16.4. The van der Waals surface area contributed by atoms with E-state index in [0.717, 1.165) is 22.3 Å². The van der Waals surface area contributed by atoms with Crippen LogP contribution in [0.5, 0.6) is 0 Å². The lowest BCUT2D eigenvalue weighted by Crippen LogP contribution is -2.38. The van der Waals surface area contributed by atoms with Gasteiger partial charge in [-0.05, 0) is 35.1 Å². The van der Waals surface area contributed by atoms with Crippen molar-refractivity contribution in [2.24, 2.45) is 5.92 Å². The van der Waals surface area contributed by atoms with Crippen molar-refractivity contribution in [2.75, 3.05) is 6.54 Å². The van der Waals surface area contributed by atoms with E-state index < -0.39 is 12.2 Å². The van der Waals surface area contributed by atoms with Crippen LogP contribution < -0.4 is 10.0 Å².